The van der Waals surface area contributed by atoms with E-state index in [0.29, 0.717) is 6.42 Å². The minimum Gasteiger partial charge on any atom is -0.350 e. The Balaban J connectivity index is 1.91. The summed E-state index contributed by atoms with van der Waals surface area (Å²) in [7, 11) is 0. The van der Waals surface area contributed by atoms with Crippen LogP contribution in [0.15, 0.2) is 24.3 Å². The van der Waals surface area contributed by atoms with Crippen LogP contribution in [0.2, 0.25) is 0 Å². The van der Waals surface area contributed by atoms with Crippen molar-refractivity contribution in [1.29, 1.82) is 0 Å². The van der Waals surface area contributed by atoms with Gasteiger partial charge in [-0.05, 0) is 45.2 Å². The minimum atomic E-state index is -0.344. The zero-order chi connectivity index (χ0) is 15.5. The molecule has 5 heteroatoms. The van der Waals surface area contributed by atoms with Gasteiger partial charge >= 0.3 is 0 Å². The van der Waals surface area contributed by atoms with Crippen molar-refractivity contribution in [3.8, 4) is 0 Å². The monoisotopic (exact) mass is 289 g/mol. The van der Waals surface area contributed by atoms with Gasteiger partial charge < -0.3 is 10.6 Å². The van der Waals surface area contributed by atoms with E-state index in [9.17, 15) is 9.59 Å². The maximum atomic E-state index is 12.2. The number of rotatable bonds is 3. The lowest BCUT2D eigenvalue weighted by Gasteiger charge is -2.22. The molecule has 0 bridgehead atoms. The average molecular weight is 289 g/mol. The SMILES string of the molecule is CC(C)(C)NC(=O)CNC1CCc2ccccc2NC1=O. The van der Waals surface area contributed by atoms with Crippen LogP contribution in [0.1, 0.15) is 32.8 Å². The second-order valence-electron chi connectivity index (χ2n) is 6.42. The quantitative estimate of drug-likeness (QED) is 0.788. The first-order valence-electron chi connectivity index (χ1n) is 7.28. The first kappa shape index (κ1) is 15.5. The lowest BCUT2D eigenvalue weighted by atomic mass is 10.1. The van der Waals surface area contributed by atoms with E-state index in [1.807, 2.05) is 45.0 Å². The number of carbonyl (C=O) groups is 2. The van der Waals surface area contributed by atoms with Crippen molar-refractivity contribution >= 4 is 17.5 Å². The van der Waals surface area contributed by atoms with Crippen LogP contribution in [-0.2, 0) is 16.0 Å². The molecule has 1 atom stereocenters. The Morgan fingerprint density at radius 2 is 2.05 bits per heavy atom. The van der Waals surface area contributed by atoms with Crippen LogP contribution < -0.4 is 16.0 Å². The van der Waals surface area contributed by atoms with Gasteiger partial charge in [-0.1, -0.05) is 18.2 Å². The van der Waals surface area contributed by atoms with E-state index in [1.54, 1.807) is 0 Å². The molecule has 1 aliphatic heterocycles. The molecule has 2 amide bonds. The number of fused-ring (bicyclic) bond motifs is 1. The van der Waals surface area contributed by atoms with Crippen molar-refractivity contribution in [3.63, 3.8) is 0 Å². The molecule has 1 aliphatic rings. The van der Waals surface area contributed by atoms with Crippen molar-refractivity contribution < 1.29 is 9.59 Å². The number of hydrogen-bond donors (Lipinski definition) is 3. The smallest absolute Gasteiger partial charge is 0.241 e. The fraction of sp³-hybridized carbons (Fsp3) is 0.500. The molecule has 0 radical (unpaired) electrons. The predicted octanol–water partition coefficient (Wildman–Crippen LogP) is 1.44. The van der Waals surface area contributed by atoms with Crippen LogP contribution in [0.4, 0.5) is 5.69 Å². The van der Waals surface area contributed by atoms with Crippen LogP contribution in [-0.4, -0.2) is 29.9 Å². The summed E-state index contributed by atoms with van der Waals surface area (Å²) in [6, 6.07) is 7.45. The van der Waals surface area contributed by atoms with Gasteiger partial charge in [-0.2, -0.15) is 0 Å². The molecule has 1 unspecified atom stereocenters. The third kappa shape index (κ3) is 4.56. The van der Waals surface area contributed by atoms with Crippen LogP contribution in [0.5, 0.6) is 0 Å². The standard InChI is InChI=1S/C16H23N3O2/c1-16(2,3)19-14(20)10-17-13-9-8-11-6-4-5-7-12(11)18-15(13)21/h4-7,13,17H,8-10H2,1-3H3,(H,18,21)(H,19,20). The zero-order valence-electron chi connectivity index (χ0n) is 12.8. The fourth-order valence-electron chi connectivity index (χ4n) is 2.38. The highest BCUT2D eigenvalue weighted by Crippen LogP contribution is 2.21. The van der Waals surface area contributed by atoms with Gasteiger partial charge in [0.2, 0.25) is 11.8 Å². The molecule has 0 saturated heterocycles. The van der Waals surface area contributed by atoms with Crippen molar-refractivity contribution in [3.05, 3.63) is 29.8 Å². The largest absolute Gasteiger partial charge is 0.350 e. The summed E-state index contributed by atoms with van der Waals surface area (Å²) in [5.74, 6) is -0.180. The topological polar surface area (TPSA) is 70.2 Å². The van der Waals surface area contributed by atoms with Gasteiger partial charge in [-0.25, -0.2) is 0 Å². The summed E-state index contributed by atoms with van der Waals surface area (Å²) in [6.45, 7) is 5.94. The molecule has 0 aromatic heterocycles. The van der Waals surface area contributed by atoms with Gasteiger partial charge in [-0.15, -0.1) is 0 Å². The van der Waals surface area contributed by atoms with Gasteiger partial charge in [0.1, 0.15) is 0 Å². The van der Waals surface area contributed by atoms with E-state index >= 15 is 0 Å². The third-order valence-electron chi connectivity index (χ3n) is 3.32. The van der Waals surface area contributed by atoms with Crippen molar-refractivity contribution in [2.24, 2.45) is 0 Å². The Morgan fingerprint density at radius 1 is 1.33 bits per heavy atom. The molecule has 0 saturated carbocycles. The molecule has 114 valence electrons. The highest BCUT2D eigenvalue weighted by atomic mass is 16.2. The highest BCUT2D eigenvalue weighted by Gasteiger charge is 2.24. The number of carbonyl (C=O) groups excluding carboxylic acids is 2. The highest BCUT2D eigenvalue weighted by molar-refractivity contribution is 5.96. The number of hydrogen-bond acceptors (Lipinski definition) is 3. The number of amides is 2. The van der Waals surface area contributed by atoms with E-state index in [0.717, 1.165) is 17.7 Å². The summed E-state index contributed by atoms with van der Waals surface area (Å²) < 4.78 is 0. The van der Waals surface area contributed by atoms with E-state index in [4.69, 9.17) is 0 Å². The molecule has 1 aromatic rings. The lowest BCUT2D eigenvalue weighted by Crippen LogP contribution is -2.49. The van der Waals surface area contributed by atoms with Gasteiger partial charge in [0.05, 0.1) is 12.6 Å². The summed E-state index contributed by atoms with van der Waals surface area (Å²) in [4.78, 5) is 24.0. The molecule has 3 N–H and O–H groups in total. The molecular formula is C16H23N3O2. The Bertz CT molecular complexity index is 535. The van der Waals surface area contributed by atoms with E-state index in [2.05, 4.69) is 16.0 Å². The van der Waals surface area contributed by atoms with E-state index in [1.165, 1.54) is 0 Å². The van der Waals surface area contributed by atoms with Crippen LogP contribution in [0.25, 0.3) is 0 Å². The van der Waals surface area contributed by atoms with Gasteiger partial charge in [-0.3, -0.25) is 14.9 Å². The normalized spacial score (nSPS) is 18.4. The average Bonchev–Trinajstić information content (AvgIpc) is 2.53. The Kier molecular flexibility index (Phi) is 4.63. The van der Waals surface area contributed by atoms with Gasteiger partial charge in [0.15, 0.2) is 0 Å². The molecule has 1 heterocycles. The number of nitrogens with one attached hydrogen (secondary N) is 3. The van der Waals surface area contributed by atoms with Crippen LogP contribution >= 0.6 is 0 Å². The van der Waals surface area contributed by atoms with E-state index < -0.39 is 0 Å². The maximum absolute atomic E-state index is 12.2. The van der Waals surface area contributed by atoms with Gasteiger partial charge in [0, 0.05) is 11.2 Å². The van der Waals surface area contributed by atoms with Crippen molar-refractivity contribution in [2.45, 2.75) is 45.2 Å². The van der Waals surface area contributed by atoms with E-state index in [-0.39, 0.29) is 29.9 Å². The summed E-state index contributed by atoms with van der Waals surface area (Å²) >= 11 is 0. The summed E-state index contributed by atoms with van der Waals surface area (Å²) in [5.41, 5.74) is 1.74. The number of anilines is 1. The second kappa shape index (κ2) is 6.26. The number of benzene rings is 1. The molecule has 2 rings (SSSR count). The number of aryl methyl sites for hydroxylation is 1. The maximum Gasteiger partial charge on any atom is 0.241 e. The lowest BCUT2D eigenvalue weighted by molar-refractivity contribution is -0.122. The van der Waals surface area contributed by atoms with Crippen molar-refractivity contribution in [2.75, 3.05) is 11.9 Å². The fourth-order valence-corrected chi connectivity index (χ4v) is 2.38. The molecule has 21 heavy (non-hydrogen) atoms. The van der Waals surface area contributed by atoms with Crippen molar-refractivity contribution in [1.82, 2.24) is 10.6 Å². The molecule has 0 fully saturated rings. The molecule has 1 aromatic carbocycles. The third-order valence-corrected chi connectivity index (χ3v) is 3.32. The predicted molar refractivity (Wildman–Crippen MR) is 83.1 cm³/mol. The first-order valence-corrected chi connectivity index (χ1v) is 7.28. The summed E-state index contributed by atoms with van der Waals surface area (Å²) in [5, 5.41) is 8.83. The zero-order valence-corrected chi connectivity index (χ0v) is 12.8. The minimum absolute atomic E-state index is 0.0801. The van der Waals surface area contributed by atoms with Gasteiger partial charge in [0.25, 0.3) is 0 Å². The van der Waals surface area contributed by atoms with Crippen LogP contribution in [0, 0.1) is 0 Å². The molecule has 0 aliphatic carbocycles. The Morgan fingerprint density at radius 3 is 2.76 bits per heavy atom. The number of para-hydroxylation sites is 1. The second-order valence-corrected chi connectivity index (χ2v) is 6.42. The van der Waals surface area contributed by atoms with Crippen LogP contribution in [0.3, 0.4) is 0 Å². The Labute approximate surface area is 125 Å². The molecular weight excluding hydrogens is 266 g/mol. The molecule has 5 nitrogen and oxygen atoms in total. The molecule has 0 spiro atoms. The Hall–Kier alpha value is -1.88. The first-order chi connectivity index (χ1) is 9.85. The summed E-state index contributed by atoms with van der Waals surface area (Å²) in [6.07, 6.45) is 1.50.